The third-order valence-electron chi connectivity index (χ3n) is 1.17. The van der Waals surface area contributed by atoms with Gasteiger partial charge in [-0.05, 0) is 12.1 Å². The van der Waals surface area contributed by atoms with E-state index in [-0.39, 0.29) is 0 Å². The fourth-order valence-electron chi connectivity index (χ4n) is 0.708. The van der Waals surface area contributed by atoms with E-state index in [4.69, 9.17) is 4.74 Å². The van der Waals surface area contributed by atoms with Gasteiger partial charge in [-0.15, -0.1) is 0 Å². The summed E-state index contributed by atoms with van der Waals surface area (Å²) in [5.74, 6) is 1.18. The minimum atomic E-state index is 0.296. The summed E-state index contributed by atoms with van der Waals surface area (Å²) < 4.78 is 16.7. The molecule has 0 fully saturated rings. The van der Waals surface area contributed by atoms with Gasteiger partial charge in [0.2, 0.25) is 0 Å². The van der Waals surface area contributed by atoms with Crippen LogP contribution in [-0.2, 0) is 0 Å². The van der Waals surface area contributed by atoms with Gasteiger partial charge in [-0.3, -0.25) is 0 Å². The predicted molar refractivity (Wildman–Crippen MR) is 45.5 cm³/mol. The maximum absolute atomic E-state index is 11.5. The van der Waals surface area contributed by atoms with Crippen molar-refractivity contribution >= 4 is 12.1 Å². The standard InChI is InChI=1S/C8H9FOS/c9-11-7-6-10-8-4-2-1-3-5-8/h1-5H,6-7H2. The topological polar surface area (TPSA) is 9.23 Å². The molecular formula is C8H9FOS. The molecule has 0 saturated carbocycles. The molecule has 0 saturated heterocycles. The number of benzene rings is 1. The minimum Gasteiger partial charge on any atom is -0.493 e. The van der Waals surface area contributed by atoms with Crippen LogP contribution in [0.5, 0.6) is 5.75 Å². The van der Waals surface area contributed by atoms with E-state index in [1.807, 2.05) is 30.3 Å². The van der Waals surface area contributed by atoms with Gasteiger partial charge in [0.25, 0.3) is 0 Å². The molecule has 1 nitrogen and oxygen atoms in total. The average Bonchev–Trinajstić information content (AvgIpc) is 2.07. The summed E-state index contributed by atoms with van der Waals surface area (Å²) in [7, 11) is 0. The van der Waals surface area contributed by atoms with Crippen molar-refractivity contribution in [2.45, 2.75) is 0 Å². The molecule has 11 heavy (non-hydrogen) atoms. The largest absolute Gasteiger partial charge is 0.493 e. The highest BCUT2D eigenvalue weighted by molar-refractivity contribution is 7.94. The molecule has 0 unspecified atom stereocenters. The normalized spacial score (nSPS) is 9.55. The zero-order valence-electron chi connectivity index (χ0n) is 6.00. The molecule has 1 rings (SSSR count). The second kappa shape index (κ2) is 5.02. The summed E-state index contributed by atoms with van der Waals surface area (Å²) in [6.45, 7) is 0.422. The molecule has 1 aromatic rings. The Morgan fingerprint density at radius 3 is 2.64 bits per heavy atom. The van der Waals surface area contributed by atoms with Gasteiger partial charge in [-0.2, -0.15) is 3.89 Å². The van der Waals surface area contributed by atoms with E-state index in [1.54, 1.807) is 0 Å². The van der Waals surface area contributed by atoms with Crippen molar-refractivity contribution in [3.05, 3.63) is 30.3 Å². The van der Waals surface area contributed by atoms with Crippen molar-refractivity contribution in [1.82, 2.24) is 0 Å². The Balaban J connectivity index is 2.28. The fraction of sp³-hybridized carbons (Fsp3) is 0.250. The van der Waals surface area contributed by atoms with Gasteiger partial charge in [0, 0.05) is 12.1 Å². The molecule has 0 spiro atoms. The zero-order chi connectivity index (χ0) is 7.94. The number of hydrogen-bond donors (Lipinski definition) is 0. The first-order chi connectivity index (χ1) is 5.43. The van der Waals surface area contributed by atoms with E-state index in [1.165, 1.54) is 0 Å². The lowest BCUT2D eigenvalue weighted by Gasteiger charge is -2.01. The number of para-hydroxylation sites is 1. The van der Waals surface area contributed by atoms with E-state index in [0.717, 1.165) is 5.75 Å². The molecule has 0 bridgehead atoms. The minimum absolute atomic E-state index is 0.296. The van der Waals surface area contributed by atoms with E-state index < -0.39 is 0 Å². The fourth-order valence-corrected chi connectivity index (χ4v) is 0.854. The van der Waals surface area contributed by atoms with E-state index in [2.05, 4.69) is 0 Å². The Hall–Kier alpha value is -0.700. The molecule has 0 aliphatic heterocycles. The molecule has 0 aromatic heterocycles. The van der Waals surface area contributed by atoms with Crippen molar-refractivity contribution in [2.75, 3.05) is 12.4 Å². The van der Waals surface area contributed by atoms with Crippen LogP contribution in [0, 0.1) is 0 Å². The molecule has 0 heterocycles. The van der Waals surface area contributed by atoms with Crippen molar-refractivity contribution < 1.29 is 8.62 Å². The first-order valence-corrected chi connectivity index (χ1v) is 4.23. The third-order valence-corrected chi connectivity index (χ3v) is 1.49. The molecule has 3 heteroatoms. The Morgan fingerprint density at radius 2 is 2.00 bits per heavy atom. The van der Waals surface area contributed by atoms with Crippen molar-refractivity contribution in [2.24, 2.45) is 0 Å². The van der Waals surface area contributed by atoms with Gasteiger partial charge in [-0.1, -0.05) is 18.2 Å². The van der Waals surface area contributed by atoms with Crippen LogP contribution in [0.2, 0.25) is 0 Å². The molecule has 0 amide bonds. The van der Waals surface area contributed by atoms with Crippen molar-refractivity contribution in [1.29, 1.82) is 0 Å². The van der Waals surface area contributed by atoms with Crippen LogP contribution in [0.1, 0.15) is 0 Å². The molecule has 0 atom stereocenters. The molecule has 0 N–H and O–H groups in total. The van der Waals surface area contributed by atoms with Crippen LogP contribution in [-0.4, -0.2) is 12.4 Å². The second-order valence-corrected chi connectivity index (χ2v) is 2.60. The average molecular weight is 172 g/mol. The van der Waals surface area contributed by atoms with E-state index in [9.17, 15) is 3.89 Å². The van der Waals surface area contributed by atoms with Crippen LogP contribution in [0.3, 0.4) is 0 Å². The first kappa shape index (κ1) is 8.40. The summed E-state index contributed by atoms with van der Waals surface area (Å²) in [5, 5.41) is 0. The molecule has 0 aliphatic carbocycles. The van der Waals surface area contributed by atoms with Crippen LogP contribution in [0.4, 0.5) is 3.89 Å². The van der Waals surface area contributed by atoms with Crippen molar-refractivity contribution in [3.8, 4) is 5.75 Å². The SMILES string of the molecule is FSCCOc1ccccc1. The Labute approximate surface area is 69.9 Å². The van der Waals surface area contributed by atoms with Gasteiger partial charge in [-0.25, -0.2) is 0 Å². The third kappa shape index (κ3) is 3.28. The highest BCUT2D eigenvalue weighted by Crippen LogP contribution is 2.09. The van der Waals surface area contributed by atoms with Gasteiger partial charge >= 0.3 is 0 Å². The molecule has 0 aliphatic rings. The van der Waals surface area contributed by atoms with E-state index in [0.29, 0.717) is 24.5 Å². The lowest BCUT2D eigenvalue weighted by atomic mass is 10.3. The monoisotopic (exact) mass is 172 g/mol. The molecular weight excluding hydrogens is 163 g/mol. The lowest BCUT2D eigenvalue weighted by Crippen LogP contribution is -1.98. The Kier molecular flexibility index (Phi) is 3.83. The smallest absolute Gasteiger partial charge is 0.119 e. The molecule has 60 valence electrons. The summed E-state index contributed by atoms with van der Waals surface area (Å²) >= 11 is 0.296. The number of ether oxygens (including phenoxy) is 1. The Morgan fingerprint density at radius 1 is 1.27 bits per heavy atom. The molecule has 1 aromatic carbocycles. The first-order valence-electron chi connectivity index (χ1n) is 3.35. The van der Waals surface area contributed by atoms with Gasteiger partial charge in [0.1, 0.15) is 5.75 Å². The maximum Gasteiger partial charge on any atom is 0.119 e. The lowest BCUT2D eigenvalue weighted by molar-refractivity contribution is 0.343. The quantitative estimate of drug-likeness (QED) is 0.646. The number of rotatable bonds is 4. The van der Waals surface area contributed by atoms with E-state index >= 15 is 0 Å². The highest BCUT2D eigenvalue weighted by Gasteiger charge is 1.90. The predicted octanol–water partition coefficient (Wildman–Crippen LogP) is 2.68. The summed E-state index contributed by atoms with van der Waals surface area (Å²) in [6, 6.07) is 9.39. The Bertz CT molecular complexity index is 191. The van der Waals surface area contributed by atoms with Gasteiger partial charge < -0.3 is 4.74 Å². The van der Waals surface area contributed by atoms with Crippen LogP contribution in [0.15, 0.2) is 30.3 Å². The van der Waals surface area contributed by atoms with Crippen molar-refractivity contribution in [3.63, 3.8) is 0 Å². The maximum atomic E-state index is 11.5. The van der Waals surface area contributed by atoms with Crippen LogP contribution in [0.25, 0.3) is 0 Å². The number of hydrogen-bond acceptors (Lipinski definition) is 2. The van der Waals surface area contributed by atoms with Crippen LogP contribution < -0.4 is 4.74 Å². The summed E-state index contributed by atoms with van der Waals surface area (Å²) in [6.07, 6.45) is 0. The zero-order valence-corrected chi connectivity index (χ0v) is 6.81. The highest BCUT2D eigenvalue weighted by atomic mass is 32.2. The van der Waals surface area contributed by atoms with Gasteiger partial charge in [0.15, 0.2) is 0 Å². The molecule has 0 radical (unpaired) electrons. The van der Waals surface area contributed by atoms with Gasteiger partial charge in [0.05, 0.1) is 12.4 Å². The second-order valence-electron chi connectivity index (χ2n) is 1.97. The summed E-state index contributed by atoms with van der Waals surface area (Å²) in [4.78, 5) is 0. The van der Waals surface area contributed by atoms with Crippen LogP contribution >= 0.6 is 12.1 Å². The summed E-state index contributed by atoms with van der Waals surface area (Å²) in [5.41, 5.74) is 0. The number of halogens is 1.